The number of morpholine rings is 1. The van der Waals surface area contributed by atoms with E-state index in [9.17, 15) is 5.11 Å². The average Bonchev–Trinajstić information content (AvgIpc) is 2.68. The zero-order valence-electron chi connectivity index (χ0n) is 15.0. The van der Waals surface area contributed by atoms with Crippen LogP contribution >= 0.6 is 0 Å². The second-order valence-electron chi connectivity index (χ2n) is 6.78. The second kappa shape index (κ2) is 9.14. The fourth-order valence-electron chi connectivity index (χ4n) is 3.44. The first-order valence-electron chi connectivity index (χ1n) is 9.07. The molecule has 1 unspecified atom stereocenters. The number of ether oxygens (including phenoxy) is 2. The molecular formula is C21H27NO4. The Morgan fingerprint density at radius 2 is 1.85 bits per heavy atom. The molecule has 1 saturated heterocycles. The summed E-state index contributed by atoms with van der Waals surface area (Å²) < 4.78 is 11.5. The maximum Gasteiger partial charge on any atom is 0.119 e. The van der Waals surface area contributed by atoms with Crippen molar-refractivity contribution in [3.05, 3.63) is 65.7 Å². The van der Waals surface area contributed by atoms with Gasteiger partial charge in [0, 0.05) is 26.1 Å². The van der Waals surface area contributed by atoms with Gasteiger partial charge >= 0.3 is 0 Å². The molecule has 5 nitrogen and oxygen atoms in total. The number of aliphatic hydroxyl groups is 2. The largest absolute Gasteiger partial charge is 0.491 e. The molecule has 0 amide bonds. The smallest absolute Gasteiger partial charge is 0.119 e. The molecule has 1 fully saturated rings. The number of hydrogen-bond acceptors (Lipinski definition) is 5. The third-order valence-corrected chi connectivity index (χ3v) is 4.65. The van der Waals surface area contributed by atoms with Crippen molar-refractivity contribution in [1.29, 1.82) is 0 Å². The Hall–Kier alpha value is -1.92. The minimum atomic E-state index is -0.565. The van der Waals surface area contributed by atoms with Crippen LogP contribution in [-0.2, 0) is 17.7 Å². The molecule has 1 atom stereocenters. The lowest BCUT2D eigenvalue weighted by molar-refractivity contribution is -0.134. The standard InChI is InChI=1S/C21H27NO4/c23-10-12-25-20-8-4-7-19(13-20)15-22-9-11-26-21(16-22,17-24)14-18-5-2-1-3-6-18/h1-8,13,23-24H,9-12,14-17H2. The number of rotatable bonds is 8. The molecule has 1 aliphatic heterocycles. The van der Waals surface area contributed by atoms with E-state index in [1.165, 1.54) is 5.56 Å². The van der Waals surface area contributed by atoms with Gasteiger partial charge in [0.05, 0.1) is 19.8 Å². The SMILES string of the molecule is OCCOc1cccc(CN2CCOC(CO)(Cc3ccccc3)C2)c1. The van der Waals surface area contributed by atoms with E-state index in [-0.39, 0.29) is 13.2 Å². The quantitative estimate of drug-likeness (QED) is 0.755. The van der Waals surface area contributed by atoms with E-state index in [0.29, 0.717) is 26.2 Å². The highest BCUT2D eigenvalue weighted by molar-refractivity contribution is 5.28. The van der Waals surface area contributed by atoms with E-state index >= 15 is 0 Å². The molecule has 2 aromatic rings. The minimum absolute atomic E-state index is 0.00194. The molecule has 5 heteroatoms. The van der Waals surface area contributed by atoms with Gasteiger partial charge in [-0.25, -0.2) is 0 Å². The molecule has 0 radical (unpaired) electrons. The van der Waals surface area contributed by atoms with Gasteiger partial charge in [0.1, 0.15) is 18.0 Å². The van der Waals surface area contributed by atoms with Crippen molar-refractivity contribution in [1.82, 2.24) is 4.90 Å². The van der Waals surface area contributed by atoms with Crippen LogP contribution in [0.25, 0.3) is 0 Å². The third kappa shape index (κ3) is 5.05. The molecule has 0 saturated carbocycles. The number of nitrogens with zero attached hydrogens (tertiary/aromatic N) is 1. The van der Waals surface area contributed by atoms with Gasteiger partial charge in [-0.1, -0.05) is 42.5 Å². The van der Waals surface area contributed by atoms with Crippen LogP contribution in [0.4, 0.5) is 0 Å². The predicted octanol–water partition coefficient (Wildman–Crippen LogP) is 1.86. The summed E-state index contributed by atoms with van der Waals surface area (Å²) in [5.74, 6) is 0.766. The fourth-order valence-corrected chi connectivity index (χ4v) is 3.44. The van der Waals surface area contributed by atoms with Gasteiger partial charge in [-0.05, 0) is 23.3 Å². The lowest BCUT2D eigenvalue weighted by atomic mass is 9.93. The normalized spacial score (nSPS) is 20.8. The number of hydrogen-bond donors (Lipinski definition) is 2. The molecule has 1 aliphatic rings. The zero-order chi connectivity index (χ0) is 18.2. The van der Waals surface area contributed by atoms with Crippen molar-refractivity contribution in [2.45, 2.75) is 18.6 Å². The van der Waals surface area contributed by atoms with Crippen LogP contribution in [0, 0.1) is 0 Å². The van der Waals surface area contributed by atoms with Gasteiger partial charge in [-0.3, -0.25) is 4.90 Å². The summed E-state index contributed by atoms with van der Waals surface area (Å²) in [6, 6.07) is 18.1. The van der Waals surface area contributed by atoms with Crippen molar-refractivity contribution >= 4 is 0 Å². The highest BCUT2D eigenvalue weighted by atomic mass is 16.5. The maximum absolute atomic E-state index is 10.0. The molecule has 0 aromatic heterocycles. The number of aliphatic hydroxyl groups excluding tert-OH is 2. The van der Waals surface area contributed by atoms with E-state index in [1.54, 1.807) is 0 Å². The minimum Gasteiger partial charge on any atom is -0.491 e. The summed E-state index contributed by atoms with van der Waals surface area (Å²) in [4.78, 5) is 2.31. The Labute approximate surface area is 154 Å². The number of benzene rings is 2. The summed E-state index contributed by atoms with van der Waals surface area (Å²) in [6.07, 6.45) is 0.695. The molecule has 26 heavy (non-hydrogen) atoms. The Morgan fingerprint density at radius 1 is 1.04 bits per heavy atom. The Morgan fingerprint density at radius 3 is 2.62 bits per heavy atom. The molecule has 3 rings (SSSR count). The van der Waals surface area contributed by atoms with Crippen LogP contribution in [-0.4, -0.2) is 60.2 Å². The van der Waals surface area contributed by atoms with Crippen LogP contribution in [0.3, 0.4) is 0 Å². The fraction of sp³-hybridized carbons (Fsp3) is 0.429. The van der Waals surface area contributed by atoms with Crippen molar-refractivity contribution < 1.29 is 19.7 Å². The molecule has 0 aliphatic carbocycles. The summed E-state index contributed by atoms with van der Waals surface area (Å²) in [6.45, 7) is 3.19. The topological polar surface area (TPSA) is 62.2 Å². The molecule has 2 aromatic carbocycles. The van der Waals surface area contributed by atoms with Gasteiger partial charge in [-0.2, -0.15) is 0 Å². The van der Waals surface area contributed by atoms with Crippen LogP contribution < -0.4 is 4.74 Å². The van der Waals surface area contributed by atoms with E-state index in [1.807, 2.05) is 36.4 Å². The first-order valence-corrected chi connectivity index (χ1v) is 9.07. The van der Waals surface area contributed by atoms with Gasteiger partial charge in [0.15, 0.2) is 0 Å². The highest BCUT2D eigenvalue weighted by Crippen LogP contribution is 2.25. The molecule has 140 valence electrons. The van der Waals surface area contributed by atoms with E-state index in [0.717, 1.165) is 24.4 Å². The Bertz CT molecular complexity index is 679. The van der Waals surface area contributed by atoms with Crippen molar-refractivity contribution in [2.75, 3.05) is 39.5 Å². The summed E-state index contributed by atoms with van der Waals surface area (Å²) in [5, 5.41) is 18.9. The van der Waals surface area contributed by atoms with Gasteiger partial charge in [0.2, 0.25) is 0 Å². The molecular weight excluding hydrogens is 330 g/mol. The maximum atomic E-state index is 10.0. The van der Waals surface area contributed by atoms with Gasteiger partial charge in [0.25, 0.3) is 0 Å². The first-order chi connectivity index (χ1) is 12.7. The molecule has 0 bridgehead atoms. The summed E-state index contributed by atoms with van der Waals surface area (Å²) in [5.41, 5.74) is 1.75. The summed E-state index contributed by atoms with van der Waals surface area (Å²) >= 11 is 0. The van der Waals surface area contributed by atoms with Crippen LogP contribution in [0.5, 0.6) is 5.75 Å². The van der Waals surface area contributed by atoms with Crippen molar-refractivity contribution in [2.24, 2.45) is 0 Å². The average molecular weight is 357 g/mol. The van der Waals surface area contributed by atoms with E-state index in [4.69, 9.17) is 14.6 Å². The lowest BCUT2D eigenvalue weighted by Gasteiger charge is -2.42. The Kier molecular flexibility index (Phi) is 6.63. The lowest BCUT2D eigenvalue weighted by Crippen LogP contribution is -2.55. The van der Waals surface area contributed by atoms with E-state index in [2.05, 4.69) is 23.1 Å². The zero-order valence-corrected chi connectivity index (χ0v) is 15.0. The Balaban J connectivity index is 1.65. The first kappa shape index (κ1) is 18.9. The van der Waals surface area contributed by atoms with E-state index < -0.39 is 5.60 Å². The monoisotopic (exact) mass is 357 g/mol. The van der Waals surface area contributed by atoms with Crippen molar-refractivity contribution in [3.63, 3.8) is 0 Å². The van der Waals surface area contributed by atoms with Crippen LogP contribution in [0.2, 0.25) is 0 Å². The van der Waals surface area contributed by atoms with Crippen molar-refractivity contribution in [3.8, 4) is 5.75 Å². The molecule has 1 heterocycles. The second-order valence-corrected chi connectivity index (χ2v) is 6.78. The van der Waals surface area contributed by atoms with Crippen LogP contribution in [0.1, 0.15) is 11.1 Å². The molecule has 0 spiro atoms. The highest BCUT2D eigenvalue weighted by Gasteiger charge is 2.36. The third-order valence-electron chi connectivity index (χ3n) is 4.65. The molecule has 2 N–H and O–H groups in total. The summed E-state index contributed by atoms with van der Waals surface area (Å²) in [7, 11) is 0. The van der Waals surface area contributed by atoms with Gasteiger partial charge in [-0.15, -0.1) is 0 Å². The van der Waals surface area contributed by atoms with Gasteiger partial charge < -0.3 is 19.7 Å². The predicted molar refractivity (Wildman–Crippen MR) is 100 cm³/mol. The van der Waals surface area contributed by atoms with Crippen LogP contribution in [0.15, 0.2) is 54.6 Å².